The summed E-state index contributed by atoms with van der Waals surface area (Å²) in [5.74, 6) is -1.87. The molecular weight excluding hydrogens is 660 g/mol. The van der Waals surface area contributed by atoms with Gasteiger partial charge in [-0.2, -0.15) is 0 Å². The molecule has 2 aromatic carbocycles. The number of hydrogen-bond donors (Lipinski definition) is 1. The van der Waals surface area contributed by atoms with Crippen molar-refractivity contribution < 1.29 is 28.6 Å². The van der Waals surface area contributed by atoms with Crippen molar-refractivity contribution >= 4 is 45.2 Å². The zero-order valence-electron chi connectivity index (χ0n) is 28.8. The Bertz CT molecular complexity index is 2080. The number of aliphatic carboxylic acids is 1. The van der Waals surface area contributed by atoms with Crippen LogP contribution in [0.15, 0.2) is 67.0 Å². The highest BCUT2D eigenvalue weighted by Gasteiger charge is 2.36. The fourth-order valence-electron chi connectivity index (χ4n) is 6.01. The molecule has 1 N–H and O–H groups in total. The molecule has 5 aromatic rings. The highest BCUT2D eigenvalue weighted by Crippen LogP contribution is 2.40. The minimum absolute atomic E-state index is 0.141. The molecule has 1 saturated heterocycles. The predicted octanol–water partition coefficient (Wildman–Crippen LogP) is 7.31. The Kier molecular flexibility index (Phi) is 9.21. The van der Waals surface area contributed by atoms with E-state index >= 15 is 4.39 Å². The maximum atomic E-state index is 15.9. The number of thiophene rings is 1. The van der Waals surface area contributed by atoms with Gasteiger partial charge in [0.15, 0.2) is 0 Å². The number of likely N-dealkylation sites (tertiary alicyclic amines) is 1. The first-order valence-corrected chi connectivity index (χ1v) is 17.1. The van der Waals surface area contributed by atoms with Crippen LogP contribution in [0.5, 0.6) is 0 Å². The average molecular weight is 699 g/mol. The van der Waals surface area contributed by atoms with Crippen molar-refractivity contribution in [3.63, 3.8) is 0 Å². The first-order valence-electron chi connectivity index (χ1n) is 16.3. The Balaban J connectivity index is 1.41. The molecule has 0 radical (unpaired) electrons. The fourth-order valence-corrected chi connectivity index (χ4v) is 7.06. The number of rotatable bonds is 7. The Morgan fingerprint density at radius 2 is 1.74 bits per heavy atom. The lowest BCUT2D eigenvalue weighted by Gasteiger charge is -2.39. The van der Waals surface area contributed by atoms with Crippen LogP contribution in [0.1, 0.15) is 63.4 Å². The molecule has 0 unspecified atom stereocenters. The lowest BCUT2D eigenvalue weighted by molar-refractivity contribution is -0.142. The van der Waals surface area contributed by atoms with Crippen molar-refractivity contribution in [2.75, 3.05) is 18.0 Å². The number of halogens is 1. The van der Waals surface area contributed by atoms with E-state index in [-0.39, 0.29) is 12.1 Å². The maximum absolute atomic E-state index is 15.9. The fraction of sp³-hybridized carbons (Fsp3) is 0.351. The molecule has 4 heterocycles. The monoisotopic (exact) mass is 698 g/mol. The van der Waals surface area contributed by atoms with Crippen LogP contribution in [-0.2, 0) is 22.0 Å². The third-order valence-corrected chi connectivity index (χ3v) is 9.96. The molecule has 0 spiro atoms. The second-order valence-electron chi connectivity index (χ2n) is 14.0. The van der Waals surface area contributed by atoms with Crippen LogP contribution in [0.3, 0.4) is 0 Å². The molecule has 13 heteroatoms. The van der Waals surface area contributed by atoms with Crippen molar-refractivity contribution in [3.05, 3.63) is 83.9 Å². The summed E-state index contributed by atoms with van der Waals surface area (Å²) in [7, 11) is 1.71. The van der Waals surface area contributed by atoms with E-state index in [2.05, 4.69) is 10.3 Å². The summed E-state index contributed by atoms with van der Waals surface area (Å²) in [5, 5.41) is 18.4. The van der Waals surface area contributed by atoms with Crippen LogP contribution < -0.4 is 4.90 Å². The van der Waals surface area contributed by atoms with Gasteiger partial charge in [-0.3, -0.25) is 19.2 Å². The normalized spacial score (nSPS) is 15.3. The van der Waals surface area contributed by atoms with Gasteiger partial charge in [0.2, 0.25) is 0 Å². The Morgan fingerprint density at radius 1 is 1.02 bits per heavy atom. The van der Waals surface area contributed by atoms with Gasteiger partial charge in [0.25, 0.3) is 5.91 Å². The summed E-state index contributed by atoms with van der Waals surface area (Å²) in [6, 6.07) is 15.0. The quantitative estimate of drug-likeness (QED) is 0.187. The van der Waals surface area contributed by atoms with Gasteiger partial charge < -0.3 is 14.7 Å². The second-order valence-corrected chi connectivity index (χ2v) is 15.1. The van der Waals surface area contributed by atoms with Crippen molar-refractivity contribution in [3.8, 4) is 21.7 Å². The standard InChI is InChI=1S/C37H39FN6O5S/c1-36(2,3)49-35(48)43-17-7-8-25(20-43)44(33(45)26-14-11-23(18-28(26)38)29-21-42(6)41-40-29)32-27-19-31(50-30(27)15-16-39-32)22-9-12-24(13-10-22)37(4,5)34(46)47/h9-16,18-19,21,25H,7-8,17,20H2,1-6H3,(H,46,47)/t25-/m1/s1. The molecule has 260 valence electrons. The summed E-state index contributed by atoms with van der Waals surface area (Å²) in [5.41, 5.74) is 0.610. The number of piperidine rings is 1. The lowest BCUT2D eigenvalue weighted by atomic mass is 9.84. The SMILES string of the molecule is Cn1cc(-c2ccc(C(=O)N(c3nccc4sc(-c5ccc(C(C)(C)C(=O)O)cc5)cc34)[C@@H]3CCCN(C(=O)OC(C)(C)C)C3)c(F)c2)nn1. The predicted molar refractivity (Wildman–Crippen MR) is 190 cm³/mol. The lowest BCUT2D eigenvalue weighted by Crippen LogP contribution is -2.53. The molecular formula is C37H39FN6O5S. The molecule has 2 amide bonds. The molecule has 11 nitrogen and oxygen atoms in total. The number of anilines is 1. The van der Waals surface area contributed by atoms with Crippen LogP contribution >= 0.6 is 11.3 Å². The number of carbonyl (C=O) groups is 3. The van der Waals surface area contributed by atoms with Crippen molar-refractivity contribution in [2.45, 2.75) is 64.5 Å². The minimum Gasteiger partial charge on any atom is -0.481 e. The molecule has 0 bridgehead atoms. The summed E-state index contributed by atoms with van der Waals surface area (Å²) in [6.45, 7) is 9.36. The number of fused-ring (bicyclic) bond motifs is 1. The molecule has 1 aliphatic heterocycles. The average Bonchev–Trinajstić information content (AvgIpc) is 3.71. The van der Waals surface area contributed by atoms with Gasteiger partial charge in [-0.25, -0.2) is 14.2 Å². The molecule has 1 fully saturated rings. The van der Waals surface area contributed by atoms with E-state index in [1.807, 2.05) is 36.4 Å². The van der Waals surface area contributed by atoms with Crippen LogP contribution in [0, 0.1) is 5.82 Å². The molecule has 50 heavy (non-hydrogen) atoms. The molecule has 1 atom stereocenters. The highest BCUT2D eigenvalue weighted by molar-refractivity contribution is 7.22. The number of carboxylic acids is 1. The van der Waals surface area contributed by atoms with E-state index in [4.69, 9.17) is 9.72 Å². The van der Waals surface area contributed by atoms with Gasteiger partial charge in [-0.1, -0.05) is 35.5 Å². The first kappa shape index (κ1) is 34.7. The Labute approximate surface area is 293 Å². The summed E-state index contributed by atoms with van der Waals surface area (Å²) >= 11 is 1.50. The Hall–Kier alpha value is -5.17. The summed E-state index contributed by atoms with van der Waals surface area (Å²) in [6.07, 6.45) is 3.97. The third-order valence-electron chi connectivity index (χ3n) is 8.81. The smallest absolute Gasteiger partial charge is 0.410 e. The maximum Gasteiger partial charge on any atom is 0.410 e. The van der Waals surface area contributed by atoms with E-state index in [0.717, 1.165) is 15.1 Å². The number of pyridine rings is 1. The van der Waals surface area contributed by atoms with Crippen molar-refractivity contribution in [2.24, 2.45) is 7.05 Å². The van der Waals surface area contributed by atoms with Gasteiger partial charge in [0.1, 0.15) is 22.9 Å². The number of carbonyl (C=O) groups excluding carboxylic acids is 2. The zero-order chi connectivity index (χ0) is 36.0. The van der Waals surface area contributed by atoms with Crippen LogP contribution in [0.4, 0.5) is 15.0 Å². The number of ether oxygens (including phenoxy) is 1. The number of carboxylic acid groups (broad SMARTS) is 1. The van der Waals surface area contributed by atoms with E-state index < -0.39 is 40.8 Å². The summed E-state index contributed by atoms with van der Waals surface area (Å²) in [4.78, 5) is 48.2. The van der Waals surface area contributed by atoms with Crippen LogP contribution in [0.2, 0.25) is 0 Å². The largest absolute Gasteiger partial charge is 0.481 e. The van der Waals surface area contributed by atoms with Crippen molar-refractivity contribution in [1.82, 2.24) is 24.9 Å². The zero-order valence-corrected chi connectivity index (χ0v) is 29.6. The van der Waals surface area contributed by atoms with E-state index in [1.165, 1.54) is 33.1 Å². The van der Waals surface area contributed by atoms with Crippen LogP contribution in [-0.4, -0.2) is 72.7 Å². The third kappa shape index (κ3) is 6.95. The van der Waals surface area contributed by atoms with E-state index in [0.29, 0.717) is 47.4 Å². The van der Waals surface area contributed by atoms with Gasteiger partial charge >= 0.3 is 12.1 Å². The van der Waals surface area contributed by atoms with Gasteiger partial charge in [-0.05, 0) is 82.9 Å². The van der Waals surface area contributed by atoms with E-state index in [9.17, 15) is 19.5 Å². The summed E-state index contributed by atoms with van der Waals surface area (Å²) < 4.78 is 23.9. The minimum atomic E-state index is -1.05. The number of aromatic nitrogens is 4. The highest BCUT2D eigenvalue weighted by atomic mass is 32.1. The second kappa shape index (κ2) is 13.3. The molecule has 0 saturated carbocycles. The topological polar surface area (TPSA) is 131 Å². The molecule has 6 rings (SSSR count). The first-order chi connectivity index (χ1) is 23.6. The van der Waals surface area contributed by atoms with Crippen LogP contribution in [0.25, 0.3) is 31.8 Å². The molecule has 0 aliphatic carbocycles. The number of amides is 2. The molecule has 1 aliphatic rings. The van der Waals surface area contributed by atoms with Gasteiger partial charge in [0.05, 0.1) is 23.2 Å². The number of nitrogens with zero attached hydrogens (tertiary/aromatic N) is 6. The van der Waals surface area contributed by atoms with E-state index in [1.54, 1.807) is 65.0 Å². The number of hydrogen-bond acceptors (Lipinski definition) is 8. The van der Waals surface area contributed by atoms with Gasteiger partial charge in [-0.15, -0.1) is 16.4 Å². The van der Waals surface area contributed by atoms with Crippen molar-refractivity contribution in [1.29, 1.82) is 0 Å². The molecule has 3 aromatic heterocycles. The number of benzene rings is 2. The van der Waals surface area contributed by atoms with Gasteiger partial charge in [0, 0.05) is 46.9 Å². The number of aryl methyl sites for hydroxylation is 1. The Morgan fingerprint density at radius 3 is 2.38 bits per heavy atom.